The summed E-state index contributed by atoms with van der Waals surface area (Å²) in [5, 5.41) is 43.6. The molecule has 20 atom stereocenters. The van der Waals surface area contributed by atoms with Gasteiger partial charge in [-0.2, -0.15) is 7.11 Å². The molecule has 8 aliphatic rings. The molecule has 3 N–H and O–H groups in total. The van der Waals surface area contributed by atoms with Crippen LogP contribution in [0.2, 0.25) is 0 Å². The Morgan fingerprint density at radius 1 is 0.554 bits per heavy atom. The second-order valence-electron chi connectivity index (χ2n) is 30.4. The molecule has 0 bridgehead atoms. The molecule has 0 spiro atoms. The van der Waals surface area contributed by atoms with Crippen LogP contribution < -0.4 is 34.7 Å². The minimum atomic E-state index is -0.751. The monoisotopic (exact) mass is 1040 g/mol. The number of rotatable bonds is 9. The molecule has 7 heteroatoms. The van der Waals surface area contributed by atoms with Crippen molar-refractivity contribution in [2.45, 2.75) is 285 Å². The summed E-state index contributed by atoms with van der Waals surface area (Å²) in [7, 11) is 0.750. The largest absolute Gasteiger partial charge is 1.00 e. The molecule has 0 aromatic rings. The van der Waals surface area contributed by atoms with Gasteiger partial charge in [-0.3, -0.25) is 4.79 Å². The number of carbonyl (C=O) groups is 1. The van der Waals surface area contributed by atoms with E-state index in [0.29, 0.717) is 34.0 Å². The van der Waals surface area contributed by atoms with Crippen LogP contribution in [0.3, 0.4) is 0 Å². The summed E-state index contributed by atoms with van der Waals surface area (Å²) in [6, 6.07) is 0. The minimum Gasteiger partial charge on any atom is -0.857 e. The third-order valence-electron chi connectivity index (χ3n) is 26.2. The molecule has 426 valence electrons. The number of aliphatic hydroxyl groups is 3. The first-order valence-corrected chi connectivity index (χ1v) is 29.6. The normalized spacial score (nSPS) is 45.5. The fourth-order valence-electron chi connectivity index (χ4n) is 21.2. The first-order chi connectivity index (χ1) is 32.6. The van der Waals surface area contributed by atoms with Crippen LogP contribution in [0, 0.1) is 102 Å². The zero-order valence-corrected chi connectivity index (χ0v) is 52.9. The predicted octanol–water partition coefficient (Wildman–Crippen LogP) is 13.4. The van der Waals surface area contributed by atoms with Crippen molar-refractivity contribution in [3.05, 3.63) is 23.3 Å². The quantitative estimate of drug-likeness (QED) is 0.121. The molecule has 6 nitrogen and oxygen atoms in total. The van der Waals surface area contributed by atoms with Crippen molar-refractivity contribution >= 4 is 5.97 Å². The van der Waals surface area contributed by atoms with Gasteiger partial charge in [-0.25, -0.2) is 0 Å². The van der Waals surface area contributed by atoms with Gasteiger partial charge in [0.2, 0.25) is 0 Å². The molecule has 74 heavy (non-hydrogen) atoms. The number of hydrogen-bond acceptors (Lipinski definition) is 6. The Morgan fingerprint density at radius 2 is 0.905 bits per heavy atom. The number of aliphatic hydroxyl groups excluding tert-OH is 1. The van der Waals surface area contributed by atoms with E-state index in [4.69, 9.17) is 9.84 Å². The van der Waals surface area contributed by atoms with Gasteiger partial charge in [-0.05, 0) is 254 Å². The Labute approximate surface area is 480 Å². The summed E-state index contributed by atoms with van der Waals surface area (Å²) in [5.41, 5.74) is 3.14. The Morgan fingerprint density at radius 3 is 1.28 bits per heavy atom. The topological polar surface area (TPSA) is 110 Å². The molecule has 8 rings (SSSR count). The van der Waals surface area contributed by atoms with E-state index in [0.717, 1.165) is 89.1 Å². The van der Waals surface area contributed by atoms with Gasteiger partial charge < -0.3 is 25.2 Å². The number of allylic oxidation sites excluding steroid dienone is 4. The molecule has 0 aromatic heterocycles. The van der Waals surface area contributed by atoms with Crippen molar-refractivity contribution in [1.29, 1.82) is 0 Å². The van der Waals surface area contributed by atoms with Gasteiger partial charge in [0.05, 0.1) is 17.3 Å². The standard InChI is InChI=1S/C33H56O3.C31H54O2.CH3O.2CH4.Na/c1-21(2)12-11-16-33(10,35)24-14-18-32(9)28(24)25(36-23(4)34)20-27-30(7)17-13-22(3)29(5,6)26(30)15-19-31(27,32)8;1-20(2)11-10-15-31(9,33)22-13-17-30(8)26(22)23(32)19-25-28(6)16-12-21(3)27(4,5)24(28)14-18-29(25,30)7;1-2;;;/h12,22,24-28,35H,11,13-20H2,1-10H3;11,21-26,32-33H,10,12-19H2,1-9H3;1H3;2*1H4;/q;;-1;;;+1/t22-,24?,25+,26?,27?,28?,30-,31+,32+,33-;21-,22?,23+,24?,25?,26?,28-,29+,30+,31-;;;;/m00..../s1. The maximum Gasteiger partial charge on any atom is 1.00 e. The Balaban J connectivity index is 0.000000364. The number of hydrogen-bond donors (Lipinski definition) is 3. The molecule has 0 aliphatic heterocycles. The van der Waals surface area contributed by atoms with Gasteiger partial charge in [0.1, 0.15) is 6.10 Å². The smallest absolute Gasteiger partial charge is 0.857 e. The summed E-state index contributed by atoms with van der Waals surface area (Å²) < 4.78 is 6.27. The van der Waals surface area contributed by atoms with Gasteiger partial charge in [0, 0.05) is 12.8 Å². The van der Waals surface area contributed by atoms with Crippen molar-refractivity contribution < 1.29 is 59.5 Å². The molecule has 8 aliphatic carbocycles. The van der Waals surface area contributed by atoms with Gasteiger partial charge in [-0.1, -0.05) is 121 Å². The van der Waals surface area contributed by atoms with Crippen molar-refractivity contribution in [1.82, 2.24) is 0 Å². The maximum absolute atomic E-state index is 12.5. The van der Waals surface area contributed by atoms with E-state index < -0.39 is 11.2 Å². The molecule has 8 unspecified atom stereocenters. The second-order valence-corrected chi connectivity index (χ2v) is 30.4. The van der Waals surface area contributed by atoms with Crippen LogP contribution in [0.1, 0.15) is 262 Å². The van der Waals surface area contributed by atoms with E-state index in [9.17, 15) is 20.1 Å². The SMILES string of the molecule is C.C.CC(=O)O[C@@H]1CC2[C@@]3(C)CC[C@H](C)C(C)(C)C3CC[C@@]2(C)[C@]2(C)CCC([C@@](C)(O)CCC=C(C)C)C12.CC(C)=CCC[C@](C)(O)C1CC[C@]2(C)C1[C@H](O)CC1[C@@]3(C)CC[C@H](C)C(C)(C)C3CC[C@]12C.C[O-].[Na+]. The van der Waals surface area contributed by atoms with Crippen molar-refractivity contribution in [2.75, 3.05) is 7.11 Å². The minimum absolute atomic E-state index is 0. The Bertz CT molecular complexity index is 1940. The van der Waals surface area contributed by atoms with Crippen molar-refractivity contribution in [3.8, 4) is 0 Å². The summed E-state index contributed by atoms with van der Waals surface area (Å²) >= 11 is 0. The van der Waals surface area contributed by atoms with Gasteiger partial charge in [-0.15, -0.1) is 0 Å². The molecular weight excluding hydrogens is 924 g/mol. The molecule has 8 fully saturated rings. The second kappa shape index (κ2) is 23.7. The Hall–Kier alpha value is -0.210. The third-order valence-corrected chi connectivity index (χ3v) is 26.2. The van der Waals surface area contributed by atoms with E-state index in [1.165, 1.54) is 62.5 Å². The van der Waals surface area contributed by atoms with Crippen LogP contribution in [-0.2, 0) is 9.53 Å². The fourth-order valence-corrected chi connectivity index (χ4v) is 21.2. The molecular formula is C67H121NaO6. The molecule has 0 saturated heterocycles. The maximum atomic E-state index is 12.5. The predicted molar refractivity (Wildman–Crippen MR) is 307 cm³/mol. The molecule has 0 amide bonds. The van der Waals surface area contributed by atoms with Crippen LogP contribution in [-0.4, -0.2) is 51.8 Å². The molecule has 0 radical (unpaired) electrons. The van der Waals surface area contributed by atoms with Crippen LogP contribution in [0.4, 0.5) is 0 Å². The first-order valence-electron chi connectivity index (χ1n) is 29.6. The summed E-state index contributed by atoms with van der Waals surface area (Å²) in [6.45, 7) is 44.7. The van der Waals surface area contributed by atoms with Crippen LogP contribution in [0.5, 0.6) is 0 Å². The molecule has 0 aromatic carbocycles. The van der Waals surface area contributed by atoms with Gasteiger partial charge in [0.15, 0.2) is 0 Å². The zero-order chi connectivity index (χ0) is 53.5. The van der Waals surface area contributed by atoms with Crippen molar-refractivity contribution in [3.63, 3.8) is 0 Å². The van der Waals surface area contributed by atoms with E-state index in [2.05, 4.69) is 137 Å². The number of carbonyl (C=O) groups excluding carboxylic acids is 1. The van der Waals surface area contributed by atoms with Crippen LogP contribution >= 0.6 is 0 Å². The summed E-state index contributed by atoms with van der Waals surface area (Å²) in [6.07, 6.45) is 24.3. The Kier molecular flexibility index (Phi) is 21.8. The molecule has 8 saturated carbocycles. The fraction of sp³-hybridized carbons (Fsp3) is 0.925. The van der Waals surface area contributed by atoms with E-state index in [1.54, 1.807) is 6.92 Å². The first kappa shape index (κ1) is 68.1. The average molecular weight is 1050 g/mol. The van der Waals surface area contributed by atoms with Crippen molar-refractivity contribution in [2.24, 2.45) is 102 Å². The third kappa shape index (κ3) is 11.1. The molecule has 0 heterocycles. The van der Waals surface area contributed by atoms with E-state index in [-0.39, 0.29) is 113 Å². The summed E-state index contributed by atoms with van der Waals surface area (Å²) in [5.74, 6) is 4.80. The number of fused-ring (bicyclic) bond motifs is 10. The van der Waals surface area contributed by atoms with E-state index in [1.807, 2.05) is 0 Å². The number of ether oxygens (including phenoxy) is 1. The van der Waals surface area contributed by atoms with Crippen LogP contribution in [0.15, 0.2) is 23.3 Å². The van der Waals surface area contributed by atoms with Crippen LogP contribution in [0.25, 0.3) is 0 Å². The average Bonchev–Trinajstić information content (AvgIpc) is 3.84. The van der Waals surface area contributed by atoms with E-state index >= 15 is 0 Å². The van der Waals surface area contributed by atoms with Gasteiger partial charge >= 0.3 is 35.5 Å². The zero-order valence-electron chi connectivity index (χ0n) is 50.9. The summed E-state index contributed by atoms with van der Waals surface area (Å²) in [4.78, 5) is 12.5. The van der Waals surface area contributed by atoms with Gasteiger partial charge in [0.25, 0.3) is 0 Å². The number of esters is 1.